The lowest BCUT2D eigenvalue weighted by atomic mass is 10.2. The van der Waals surface area contributed by atoms with Crippen molar-refractivity contribution in [3.63, 3.8) is 0 Å². The van der Waals surface area contributed by atoms with Crippen LogP contribution in [0.5, 0.6) is 0 Å². The summed E-state index contributed by atoms with van der Waals surface area (Å²) in [5.41, 5.74) is 2.24. The van der Waals surface area contributed by atoms with Crippen LogP contribution in [-0.2, 0) is 6.42 Å². The predicted octanol–water partition coefficient (Wildman–Crippen LogP) is 4.57. The maximum atomic E-state index is 5.09. The van der Waals surface area contributed by atoms with E-state index in [2.05, 4.69) is 33.0 Å². The zero-order chi connectivity index (χ0) is 11.7. The number of alkyl halides is 1. The molecule has 0 bridgehead atoms. The first-order valence-corrected chi connectivity index (χ1v) is 7.07. The van der Waals surface area contributed by atoms with Gasteiger partial charge >= 0.3 is 0 Å². The zero-order valence-corrected chi connectivity index (χ0v) is 11.4. The highest BCUT2D eigenvalue weighted by Gasteiger charge is 2.12. The summed E-state index contributed by atoms with van der Waals surface area (Å²) in [7, 11) is 0. The van der Waals surface area contributed by atoms with Crippen molar-refractivity contribution >= 4 is 37.5 Å². The van der Waals surface area contributed by atoms with E-state index in [0.717, 1.165) is 22.5 Å². The predicted molar refractivity (Wildman–Crippen MR) is 73.7 cm³/mol. The second-order valence-electron chi connectivity index (χ2n) is 3.80. The third kappa shape index (κ3) is 2.28. The van der Waals surface area contributed by atoms with Crippen LogP contribution in [0.1, 0.15) is 15.4 Å². The van der Waals surface area contributed by atoms with E-state index in [0.29, 0.717) is 0 Å². The van der Waals surface area contributed by atoms with Gasteiger partial charge in [0.05, 0.1) is 27.8 Å². The Hall–Kier alpha value is -1.13. The molecule has 4 heteroatoms. The van der Waals surface area contributed by atoms with Gasteiger partial charge in [0.1, 0.15) is 0 Å². The summed E-state index contributed by atoms with van der Waals surface area (Å²) >= 11 is 5.42. The van der Waals surface area contributed by atoms with Gasteiger partial charge in [0.15, 0.2) is 0 Å². The first kappa shape index (κ1) is 11.0. The molecule has 1 atom stereocenters. The summed E-state index contributed by atoms with van der Waals surface area (Å²) in [5, 5.41) is 1.15. The van der Waals surface area contributed by atoms with Crippen molar-refractivity contribution in [2.24, 2.45) is 0 Å². The topological polar surface area (TPSA) is 26.0 Å². The van der Waals surface area contributed by atoms with Gasteiger partial charge in [-0.15, -0.1) is 11.3 Å². The minimum Gasteiger partial charge on any atom is -0.472 e. The first-order valence-electron chi connectivity index (χ1n) is 5.33. The molecule has 0 saturated carbocycles. The molecule has 0 fully saturated rings. The van der Waals surface area contributed by atoms with Gasteiger partial charge in [-0.1, -0.05) is 28.1 Å². The monoisotopic (exact) mass is 307 g/mol. The Labute approximate surface area is 111 Å². The van der Waals surface area contributed by atoms with E-state index in [4.69, 9.17) is 4.42 Å². The second kappa shape index (κ2) is 4.63. The van der Waals surface area contributed by atoms with E-state index in [1.165, 1.54) is 4.70 Å². The van der Waals surface area contributed by atoms with Crippen LogP contribution in [0.15, 0.2) is 47.3 Å². The fourth-order valence-corrected chi connectivity index (χ4v) is 3.53. The Morgan fingerprint density at radius 1 is 1.29 bits per heavy atom. The maximum absolute atomic E-state index is 5.09. The molecule has 0 aliphatic rings. The van der Waals surface area contributed by atoms with Crippen LogP contribution in [0, 0.1) is 0 Å². The summed E-state index contributed by atoms with van der Waals surface area (Å²) in [6, 6.07) is 10.2. The van der Waals surface area contributed by atoms with Gasteiger partial charge in [-0.05, 0) is 18.2 Å². The van der Waals surface area contributed by atoms with Crippen LogP contribution in [-0.4, -0.2) is 4.98 Å². The SMILES string of the molecule is BrC(Cc1nc2ccccc2s1)c1ccoc1. The summed E-state index contributed by atoms with van der Waals surface area (Å²) < 4.78 is 6.33. The van der Waals surface area contributed by atoms with Gasteiger partial charge in [-0.2, -0.15) is 0 Å². The lowest BCUT2D eigenvalue weighted by Gasteiger charge is -2.03. The van der Waals surface area contributed by atoms with E-state index in [1.54, 1.807) is 23.9 Å². The molecule has 0 spiro atoms. The zero-order valence-electron chi connectivity index (χ0n) is 8.97. The lowest BCUT2D eigenvalue weighted by molar-refractivity contribution is 0.563. The highest BCUT2D eigenvalue weighted by molar-refractivity contribution is 9.09. The summed E-state index contributed by atoms with van der Waals surface area (Å²) in [6.07, 6.45) is 4.35. The van der Waals surface area contributed by atoms with Gasteiger partial charge < -0.3 is 4.42 Å². The van der Waals surface area contributed by atoms with Crippen LogP contribution in [0.25, 0.3) is 10.2 Å². The maximum Gasteiger partial charge on any atom is 0.0953 e. The molecule has 2 nitrogen and oxygen atoms in total. The third-order valence-electron chi connectivity index (χ3n) is 2.60. The van der Waals surface area contributed by atoms with Crippen molar-refractivity contribution in [1.82, 2.24) is 4.98 Å². The van der Waals surface area contributed by atoms with Gasteiger partial charge in [0.25, 0.3) is 0 Å². The summed E-state index contributed by atoms with van der Waals surface area (Å²) in [5.74, 6) is 0. The van der Waals surface area contributed by atoms with Crippen molar-refractivity contribution in [2.75, 3.05) is 0 Å². The number of rotatable bonds is 3. The third-order valence-corrected chi connectivity index (χ3v) is 4.51. The minimum atomic E-state index is 0.266. The average Bonchev–Trinajstić information content (AvgIpc) is 2.97. The fourth-order valence-electron chi connectivity index (χ4n) is 1.73. The van der Waals surface area contributed by atoms with Gasteiger partial charge in [0, 0.05) is 16.8 Å². The molecule has 86 valence electrons. The van der Waals surface area contributed by atoms with Crippen molar-refractivity contribution in [2.45, 2.75) is 11.2 Å². The van der Waals surface area contributed by atoms with Crippen molar-refractivity contribution < 1.29 is 4.42 Å². The highest BCUT2D eigenvalue weighted by Crippen LogP contribution is 2.30. The van der Waals surface area contributed by atoms with Crippen LogP contribution in [0.4, 0.5) is 0 Å². The Bertz CT molecular complexity index is 584. The molecule has 1 unspecified atom stereocenters. The molecular weight excluding hydrogens is 298 g/mol. The van der Waals surface area contributed by atoms with Crippen molar-refractivity contribution in [3.05, 3.63) is 53.4 Å². The van der Waals surface area contributed by atoms with E-state index in [9.17, 15) is 0 Å². The molecule has 17 heavy (non-hydrogen) atoms. The van der Waals surface area contributed by atoms with E-state index in [1.807, 2.05) is 18.2 Å². The molecule has 2 heterocycles. The number of hydrogen-bond donors (Lipinski definition) is 0. The van der Waals surface area contributed by atoms with Crippen LogP contribution in [0.2, 0.25) is 0 Å². The van der Waals surface area contributed by atoms with E-state index < -0.39 is 0 Å². The molecule has 3 rings (SSSR count). The molecular formula is C13H10BrNOS. The number of halogens is 1. The Balaban J connectivity index is 1.85. The Morgan fingerprint density at radius 3 is 2.94 bits per heavy atom. The number of para-hydroxylation sites is 1. The number of hydrogen-bond acceptors (Lipinski definition) is 3. The van der Waals surface area contributed by atoms with Crippen molar-refractivity contribution in [3.8, 4) is 0 Å². The molecule has 0 radical (unpaired) electrons. The summed E-state index contributed by atoms with van der Waals surface area (Å²) in [4.78, 5) is 4.89. The fraction of sp³-hybridized carbons (Fsp3) is 0.154. The van der Waals surface area contributed by atoms with Gasteiger partial charge in [-0.25, -0.2) is 4.98 Å². The van der Waals surface area contributed by atoms with E-state index in [-0.39, 0.29) is 4.83 Å². The minimum absolute atomic E-state index is 0.266. The normalized spacial score (nSPS) is 13.0. The number of furan rings is 1. The lowest BCUT2D eigenvalue weighted by Crippen LogP contribution is -1.92. The second-order valence-corrected chi connectivity index (χ2v) is 6.02. The molecule has 1 aromatic carbocycles. The number of thiazole rings is 1. The number of aromatic nitrogens is 1. The van der Waals surface area contributed by atoms with E-state index >= 15 is 0 Å². The molecule has 0 aliphatic carbocycles. The molecule has 0 aliphatic heterocycles. The average molecular weight is 308 g/mol. The van der Waals surface area contributed by atoms with Gasteiger partial charge in [0.2, 0.25) is 0 Å². The highest BCUT2D eigenvalue weighted by atomic mass is 79.9. The molecule has 0 saturated heterocycles. The van der Waals surface area contributed by atoms with Crippen LogP contribution < -0.4 is 0 Å². The standard InChI is InChI=1S/C13H10BrNOS/c14-10(9-5-6-16-8-9)7-13-15-11-3-1-2-4-12(11)17-13/h1-6,8,10H,7H2. The van der Waals surface area contributed by atoms with Crippen molar-refractivity contribution in [1.29, 1.82) is 0 Å². The summed E-state index contributed by atoms with van der Waals surface area (Å²) in [6.45, 7) is 0. The van der Waals surface area contributed by atoms with Crippen LogP contribution in [0.3, 0.4) is 0 Å². The number of benzene rings is 1. The largest absolute Gasteiger partial charge is 0.472 e. The Morgan fingerprint density at radius 2 is 2.18 bits per heavy atom. The van der Waals surface area contributed by atoms with Gasteiger partial charge in [-0.3, -0.25) is 0 Å². The quantitative estimate of drug-likeness (QED) is 0.663. The molecule has 0 N–H and O–H groups in total. The molecule has 0 amide bonds. The Kier molecular flexibility index (Phi) is 2.99. The number of nitrogens with zero attached hydrogens (tertiary/aromatic N) is 1. The molecule has 3 aromatic rings. The molecule has 2 aromatic heterocycles. The van der Waals surface area contributed by atoms with Crippen LogP contribution >= 0.6 is 27.3 Å². The first-order chi connectivity index (χ1) is 8.33. The smallest absolute Gasteiger partial charge is 0.0953 e. The number of fused-ring (bicyclic) bond motifs is 1.